The van der Waals surface area contributed by atoms with Crippen molar-refractivity contribution in [2.45, 2.75) is 58.0 Å². The summed E-state index contributed by atoms with van der Waals surface area (Å²) in [7, 11) is 0. The average Bonchev–Trinajstić information content (AvgIpc) is 2.08. The van der Waals surface area contributed by atoms with Crippen LogP contribution in [0, 0.1) is 0 Å². The highest BCUT2D eigenvalue weighted by Gasteiger charge is 2.20. The second kappa shape index (κ2) is 7.51. The summed E-state index contributed by atoms with van der Waals surface area (Å²) in [6, 6.07) is 0. The molecule has 15 heavy (non-hydrogen) atoms. The number of aliphatic hydroxyl groups excluding tert-OH is 1. The molecule has 0 aromatic rings. The number of primary amides is 1. The predicted molar refractivity (Wildman–Crippen MR) is 59.5 cm³/mol. The molecule has 3 N–H and O–H groups in total. The van der Waals surface area contributed by atoms with Crippen molar-refractivity contribution in [1.82, 2.24) is 0 Å². The highest BCUT2D eigenvalue weighted by molar-refractivity contribution is 5.65. The minimum Gasteiger partial charge on any atom is -0.444 e. The first kappa shape index (κ1) is 14.2. The number of ether oxygens (including phenoxy) is 1. The lowest BCUT2D eigenvalue weighted by Gasteiger charge is -2.23. The van der Waals surface area contributed by atoms with E-state index in [-0.39, 0.29) is 6.61 Å². The molecule has 0 aliphatic heterocycles. The van der Waals surface area contributed by atoms with Gasteiger partial charge in [-0.25, -0.2) is 4.79 Å². The second-order valence-electron chi connectivity index (χ2n) is 4.42. The van der Waals surface area contributed by atoms with Crippen LogP contribution in [0.25, 0.3) is 0 Å². The van der Waals surface area contributed by atoms with E-state index in [9.17, 15) is 4.79 Å². The van der Waals surface area contributed by atoms with Crippen molar-refractivity contribution in [3.63, 3.8) is 0 Å². The van der Waals surface area contributed by atoms with Gasteiger partial charge >= 0.3 is 6.09 Å². The van der Waals surface area contributed by atoms with Gasteiger partial charge in [0.2, 0.25) is 0 Å². The third-order valence-corrected chi connectivity index (χ3v) is 2.31. The normalized spacial score (nSPS) is 11.4. The molecular formula is C11H23NO3. The molecule has 0 saturated carbocycles. The van der Waals surface area contributed by atoms with Gasteiger partial charge in [-0.05, 0) is 33.1 Å². The maximum Gasteiger partial charge on any atom is 0.405 e. The molecule has 0 radical (unpaired) electrons. The number of unbranched alkanes of at least 4 members (excludes halogenated alkanes) is 4. The van der Waals surface area contributed by atoms with Crippen LogP contribution in [0.5, 0.6) is 0 Å². The number of nitrogens with two attached hydrogens (primary N) is 1. The Morgan fingerprint density at radius 3 is 2.27 bits per heavy atom. The molecule has 0 atom stereocenters. The maximum atomic E-state index is 10.6. The zero-order chi connectivity index (χ0) is 11.7. The van der Waals surface area contributed by atoms with Crippen LogP contribution >= 0.6 is 0 Å². The average molecular weight is 217 g/mol. The molecule has 0 bridgehead atoms. The molecule has 0 saturated heterocycles. The Morgan fingerprint density at radius 1 is 1.20 bits per heavy atom. The van der Waals surface area contributed by atoms with E-state index < -0.39 is 11.7 Å². The van der Waals surface area contributed by atoms with Gasteiger partial charge in [0.25, 0.3) is 0 Å². The molecule has 1 amide bonds. The predicted octanol–water partition coefficient (Wildman–Crippen LogP) is 2.19. The first-order chi connectivity index (χ1) is 6.98. The fraction of sp³-hybridized carbons (Fsp3) is 0.909. The second-order valence-corrected chi connectivity index (χ2v) is 4.42. The number of hydrogen-bond donors (Lipinski definition) is 2. The summed E-state index contributed by atoms with van der Waals surface area (Å²) >= 11 is 0. The third kappa shape index (κ3) is 9.53. The van der Waals surface area contributed by atoms with E-state index in [1.54, 1.807) is 0 Å². The van der Waals surface area contributed by atoms with Gasteiger partial charge < -0.3 is 15.6 Å². The number of amides is 1. The fourth-order valence-electron chi connectivity index (χ4n) is 1.52. The molecule has 4 nitrogen and oxygen atoms in total. The molecule has 0 aliphatic rings. The van der Waals surface area contributed by atoms with E-state index in [0.717, 1.165) is 38.5 Å². The van der Waals surface area contributed by atoms with Crippen LogP contribution in [-0.2, 0) is 4.74 Å². The standard InChI is InChI=1S/C11H23NO3/c1-11(2,15-10(12)14)8-6-4-3-5-7-9-13/h13H,3-9H2,1-2H3,(H2,12,14). The first-order valence-corrected chi connectivity index (χ1v) is 5.57. The number of rotatable bonds is 8. The minimum atomic E-state index is -0.708. The first-order valence-electron chi connectivity index (χ1n) is 5.57. The Balaban J connectivity index is 3.44. The third-order valence-electron chi connectivity index (χ3n) is 2.31. The van der Waals surface area contributed by atoms with Gasteiger partial charge in [-0.1, -0.05) is 19.3 Å². The molecule has 0 aliphatic carbocycles. The minimum absolute atomic E-state index is 0.274. The summed E-state index contributed by atoms with van der Waals surface area (Å²) in [6.07, 6.45) is 5.30. The van der Waals surface area contributed by atoms with E-state index in [2.05, 4.69) is 0 Å². The van der Waals surface area contributed by atoms with Crippen LogP contribution < -0.4 is 5.73 Å². The maximum absolute atomic E-state index is 10.6. The zero-order valence-corrected chi connectivity index (χ0v) is 9.79. The molecule has 0 rings (SSSR count). The summed E-state index contributed by atoms with van der Waals surface area (Å²) in [5.41, 5.74) is 4.50. The summed E-state index contributed by atoms with van der Waals surface area (Å²) in [5, 5.41) is 8.58. The van der Waals surface area contributed by atoms with Crippen LogP contribution in [0.1, 0.15) is 52.4 Å². The Hall–Kier alpha value is -0.770. The molecule has 0 heterocycles. The molecule has 0 fully saturated rings. The molecule has 0 aromatic heterocycles. The molecule has 0 aromatic carbocycles. The Kier molecular flexibility index (Phi) is 7.13. The summed E-state index contributed by atoms with van der Waals surface area (Å²) in [5.74, 6) is 0. The summed E-state index contributed by atoms with van der Waals surface area (Å²) in [6.45, 7) is 4.01. The highest BCUT2D eigenvalue weighted by atomic mass is 16.6. The van der Waals surface area contributed by atoms with Crippen LogP contribution in [0.4, 0.5) is 4.79 Å². The molecule has 0 unspecified atom stereocenters. The molecule has 0 spiro atoms. The SMILES string of the molecule is CC(C)(CCCCCCCO)OC(N)=O. The van der Waals surface area contributed by atoms with Crippen molar-refractivity contribution in [2.24, 2.45) is 5.73 Å². The Labute approximate surface area is 91.8 Å². The van der Waals surface area contributed by atoms with E-state index in [1.165, 1.54) is 0 Å². The summed E-state index contributed by atoms with van der Waals surface area (Å²) < 4.78 is 4.96. The van der Waals surface area contributed by atoms with E-state index in [0.29, 0.717) is 0 Å². The van der Waals surface area contributed by atoms with Crippen molar-refractivity contribution < 1.29 is 14.6 Å². The lowest BCUT2D eigenvalue weighted by molar-refractivity contribution is 0.0372. The van der Waals surface area contributed by atoms with E-state index in [4.69, 9.17) is 15.6 Å². The quantitative estimate of drug-likeness (QED) is 0.612. The van der Waals surface area contributed by atoms with Gasteiger partial charge in [0.05, 0.1) is 0 Å². The fourth-order valence-corrected chi connectivity index (χ4v) is 1.52. The topological polar surface area (TPSA) is 72.6 Å². The van der Waals surface area contributed by atoms with E-state index in [1.807, 2.05) is 13.8 Å². The lowest BCUT2D eigenvalue weighted by Crippen LogP contribution is -2.30. The van der Waals surface area contributed by atoms with Crippen LogP contribution in [-0.4, -0.2) is 23.4 Å². The summed E-state index contributed by atoms with van der Waals surface area (Å²) in [4.78, 5) is 10.6. The van der Waals surface area contributed by atoms with Gasteiger partial charge in [0.1, 0.15) is 5.60 Å². The van der Waals surface area contributed by atoms with Crippen molar-refractivity contribution in [3.05, 3.63) is 0 Å². The number of hydrogen-bond acceptors (Lipinski definition) is 3. The smallest absolute Gasteiger partial charge is 0.405 e. The van der Waals surface area contributed by atoms with Gasteiger partial charge in [-0.15, -0.1) is 0 Å². The van der Waals surface area contributed by atoms with Crippen LogP contribution in [0.2, 0.25) is 0 Å². The zero-order valence-electron chi connectivity index (χ0n) is 9.79. The number of aliphatic hydroxyl groups is 1. The van der Waals surface area contributed by atoms with Gasteiger partial charge in [0, 0.05) is 6.61 Å². The lowest BCUT2D eigenvalue weighted by atomic mass is 9.99. The van der Waals surface area contributed by atoms with Gasteiger partial charge in [-0.2, -0.15) is 0 Å². The van der Waals surface area contributed by atoms with Crippen molar-refractivity contribution in [3.8, 4) is 0 Å². The van der Waals surface area contributed by atoms with Crippen molar-refractivity contribution in [2.75, 3.05) is 6.61 Å². The van der Waals surface area contributed by atoms with E-state index >= 15 is 0 Å². The Morgan fingerprint density at radius 2 is 1.73 bits per heavy atom. The monoisotopic (exact) mass is 217 g/mol. The van der Waals surface area contributed by atoms with Gasteiger partial charge in [0.15, 0.2) is 0 Å². The van der Waals surface area contributed by atoms with Gasteiger partial charge in [-0.3, -0.25) is 0 Å². The Bertz CT molecular complexity index is 181. The highest BCUT2D eigenvalue weighted by Crippen LogP contribution is 2.18. The molecule has 90 valence electrons. The van der Waals surface area contributed by atoms with Crippen molar-refractivity contribution >= 4 is 6.09 Å². The molecule has 4 heteroatoms. The number of carbonyl (C=O) groups excluding carboxylic acids is 1. The largest absolute Gasteiger partial charge is 0.444 e. The van der Waals surface area contributed by atoms with Crippen molar-refractivity contribution in [1.29, 1.82) is 0 Å². The number of carbonyl (C=O) groups is 1. The molecular weight excluding hydrogens is 194 g/mol. The van der Waals surface area contributed by atoms with Crippen LogP contribution in [0.15, 0.2) is 0 Å². The van der Waals surface area contributed by atoms with Crippen LogP contribution in [0.3, 0.4) is 0 Å².